The van der Waals surface area contributed by atoms with Crippen molar-refractivity contribution >= 4 is 22.1 Å². The van der Waals surface area contributed by atoms with Crippen LogP contribution in [0.5, 0.6) is 5.75 Å². The van der Waals surface area contributed by atoms with Gasteiger partial charge in [-0.3, -0.25) is 20.0 Å². The van der Waals surface area contributed by atoms with Crippen molar-refractivity contribution in [2.75, 3.05) is 20.2 Å². The second-order valence-electron chi connectivity index (χ2n) is 9.77. The number of fused-ring (bicyclic) bond motifs is 2. The number of aromatic amines is 2. The number of methoxy groups -OCH3 is 1. The monoisotopic (exact) mass is 520 g/mol. The Morgan fingerprint density at radius 2 is 1.90 bits per heavy atom. The standard InChI is InChI=1S/C29H25FN8O/c1-39-21-10-18(9-20(30)11-21)22-4-5-32-28-26(22)34-29(35-28)27-23-12-24(33-15-25(23)36-37-27)19-8-17(13-31-14-19)16-38-6-2-3-7-38/h4-5,8-15H,2-3,6-7,16H2,1H3,(H,36,37)(H,32,34,35). The molecule has 0 radical (unpaired) electrons. The molecule has 0 amide bonds. The van der Waals surface area contributed by atoms with Crippen molar-refractivity contribution in [3.05, 3.63) is 72.6 Å². The van der Waals surface area contributed by atoms with E-state index in [4.69, 9.17) is 9.72 Å². The molecule has 10 heteroatoms. The minimum absolute atomic E-state index is 0.387. The van der Waals surface area contributed by atoms with Crippen LogP contribution in [-0.4, -0.2) is 60.2 Å². The Balaban J connectivity index is 1.28. The summed E-state index contributed by atoms with van der Waals surface area (Å²) in [7, 11) is 1.51. The highest BCUT2D eigenvalue weighted by molar-refractivity contribution is 5.96. The molecule has 6 aromatic rings. The van der Waals surface area contributed by atoms with E-state index in [1.165, 1.54) is 37.6 Å². The van der Waals surface area contributed by atoms with Gasteiger partial charge in [0, 0.05) is 47.7 Å². The molecule has 1 fully saturated rings. The Hall–Kier alpha value is -4.70. The Morgan fingerprint density at radius 3 is 2.77 bits per heavy atom. The van der Waals surface area contributed by atoms with Crippen LogP contribution in [0.1, 0.15) is 18.4 Å². The fourth-order valence-electron chi connectivity index (χ4n) is 5.26. The van der Waals surface area contributed by atoms with Gasteiger partial charge in [-0.05, 0) is 67.4 Å². The summed E-state index contributed by atoms with van der Waals surface area (Å²) in [6.45, 7) is 3.16. The Bertz CT molecular complexity index is 1820. The van der Waals surface area contributed by atoms with E-state index in [-0.39, 0.29) is 5.82 Å². The van der Waals surface area contributed by atoms with Gasteiger partial charge in [0.25, 0.3) is 0 Å². The SMILES string of the molecule is COc1cc(F)cc(-c2ccnc3[nH]c(-c4n[nH]c5cnc(-c6cncc(CN7CCCC7)c6)cc45)nc23)c1. The van der Waals surface area contributed by atoms with Gasteiger partial charge in [-0.25, -0.2) is 14.4 Å². The molecule has 0 unspecified atom stereocenters. The van der Waals surface area contributed by atoms with E-state index in [1.807, 2.05) is 24.5 Å². The number of pyridine rings is 3. The third kappa shape index (κ3) is 4.38. The van der Waals surface area contributed by atoms with Crippen LogP contribution < -0.4 is 4.74 Å². The molecule has 1 aliphatic rings. The third-order valence-electron chi connectivity index (χ3n) is 7.17. The molecular formula is C29H25FN8O. The summed E-state index contributed by atoms with van der Waals surface area (Å²) in [5.74, 6) is 0.600. The number of halogens is 1. The Morgan fingerprint density at radius 1 is 1.00 bits per heavy atom. The van der Waals surface area contributed by atoms with Gasteiger partial charge < -0.3 is 9.72 Å². The van der Waals surface area contributed by atoms with Crippen LogP contribution in [0.2, 0.25) is 0 Å². The summed E-state index contributed by atoms with van der Waals surface area (Å²) in [6.07, 6.45) is 9.72. The number of nitrogens with one attached hydrogen (secondary N) is 2. The van der Waals surface area contributed by atoms with E-state index < -0.39 is 0 Å². The van der Waals surface area contributed by atoms with Gasteiger partial charge in [-0.2, -0.15) is 5.10 Å². The van der Waals surface area contributed by atoms with Crippen LogP contribution in [0.4, 0.5) is 4.39 Å². The predicted molar refractivity (Wildman–Crippen MR) is 146 cm³/mol. The van der Waals surface area contributed by atoms with Gasteiger partial charge in [0.15, 0.2) is 11.5 Å². The fraction of sp³-hybridized carbons (Fsp3) is 0.207. The maximum absolute atomic E-state index is 14.3. The normalized spacial score (nSPS) is 14.0. The number of likely N-dealkylation sites (tertiary alicyclic amines) is 1. The smallest absolute Gasteiger partial charge is 0.160 e. The van der Waals surface area contributed by atoms with E-state index >= 15 is 0 Å². The van der Waals surface area contributed by atoms with Gasteiger partial charge in [0.1, 0.15) is 22.8 Å². The van der Waals surface area contributed by atoms with Crippen molar-refractivity contribution in [3.63, 3.8) is 0 Å². The van der Waals surface area contributed by atoms with Crippen molar-refractivity contribution in [1.82, 2.24) is 40.0 Å². The molecule has 0 spiro atoms. The molecule has 2 N–H and O–H groups in total. The van der Waals surface area contributed by atoms with Crippen molar-refractivity contribution in [3.8, 4) is 39.7 Å². The topological polar surface area (TPSA) is 108 Å². The summed E-state index contributed by atoms with van der Waals surface area (Å²) in [4.78, 5) is 24.2. The maximum atomic E-state index is 14.3. The van der Waals surface area contributed by atoms with Crippen LogP contribution in [0.15, 0.2) is 61.2 Å². The van der Waals surface area contributed by atoms with E-state index in [9.17, 15) is 4.39 Å². The minimum Gasteiger partial charge on any atom is -0.497 e. The summed E-state index contributed by atoms with van der Waals surface area (Å²) >= 11 is 0. The number of benzene rings is 1. The molecule has 0 atom stereocenters. The zero-order valence-corrected chi connectivity index (χ0v) is 21.3. The summed E-state index contributed by atoms with van der Waals surface area (Å²) in [5, 5.41) is 8.47. The summed E-state index contributed by atoms with van der Waals surface area (Å²) < 4.78 is 19.5. The van der Waals surface area contributed by atoms with Crippen LogP contribution in [0, 0.1) is 5.82 Å². The van der Waals surface area contributed by atoms with Crippen LogP contribution in [-0.2, 0) is 6.54 Å². The predicted octanol–water partition coefficient (Wildman–Crippen LogP) is 5.37. The molecule has 5 aromatic heterocycles. The number of rotatable bonds is 6. The lowest BCUT2D eigenvalue weighted by molar-refractivity contribution is 0.331. The average Bonchev–Trinajstić information content (AvgIpc) is 3.72. The number of hydrogen-bond donors (Lipinski definition) is 2. The molecule has 7 rings (SSSR count). The Labute approximate surface area is 223 Å². The Kier molecular flexibility index (Phi) is 5.74. The molecule has 0 saturated carbocycles. The highest BCUT2D eigenvalue weighted by atomic mass is 19.1. The maximum Gasteiger partial charge on any atom is 0.160 e. The molecule has 1 aliphatic heterocycles. The number of imidazole rings is 1. The first-order valence-electron chi connectivity index (χ1n) is 12.9. The largest absolute Gasteiger partial charge is 0.497 e. The molecular weight excluding hydrogens is 495 g/mol. The quantitative estimate of drug-likeness (QED) is 0.304. The highest BCUT2D eigenvalue weighted by Gasteiger charge is 2.18. The second-order valence-corrected chi connectivity index (χ2v) is 9.77. The first kappa shape index (κ1) is 23.4. The molecule has 1 aromatic carbocycles. The van der Waals surface area contributed by atoms with E-state index in [0.29, 0.717) is 34.0 Å². The molecule has 194 valence electrons. The van der Waals surface area contributed by atoms with Crippen molar-refractivity contribution < 1.29 is 9.13 Å². The lowest BCUT2D eigenvalue weighted by Crippen LogP contribution is -2.18. The molecule has 0 aliphatic carbocycles. The zero-order valence-electron chi connectivity index (χ0n) is 21.3. The average molecular weight is 521 g/mol. The summed E-state index contributed by atoms with van der Waals surface area (Å²) in [5.41, 5.74) is 6.96. The number of H-pyrrole nitrogens is 2. The zero-order chi connectivity index (χ0) is 26.3. The van der Waals surface area contributed by atoms with Gasteiger partial charge in [-0.15, -0.1) is 0 Å². The number of hydrogen-bond acceptors (Lipinski definition) is 7. The van der Waals surface area contributed by atoms with Gasteiger partial charge >= 0.3 is 0 Å². The minimum atomic E-state index is -0.387. The van der Waals surface area contributed by atoms with Crippen LogP contribution in [0.3, 0.4) is 0 Å². The molecule has 0 bridgehead atoms. The molecule has 1 saturated heterocycles. The van der Waals surface area contributed by atoms with E-state index in [1.54, 1.807) is 18.5 Å². The second kappa shape index (κ2) is 9.55. The number of aromatic nitrogens is 7. The van der Waals surface area contributed by atoms with Crippen LogP contribution >= 0.6 is 0 Å². The van der Waals surface area contributed by atoms with Gasteiger partial charge in [0.05, 0.1) is 24.5 Å². The fourth-order valence-corrected chi connectivity index (χ4v) is 5.26. The number of nitrogens with zero attached hydrogens (tertiary/aromatic N) is 6. The molecule has 6 heterocycles. The lowest BCUT2D eigenvalue weighted by Gasteiger charge is -2.14. The van der Waals surface area contributed by atoms with Crippen molar-refractivity contribution in [2.45, 2.75) is 19.4 Å². The first-order valence-corrected chi connectivity index (χ1v) is 12.9. The molecule has 9 nitrogen and oxygen atoms in total. The van der Waals surface area contributed by atoms with Gasteiger partial charge in [-0.1, -0.05) is 0 Å². The van der Waals surface area contributed by atoms with Crippen molar-refractivity contribution in [1.29, 1.82) is 0 Å². The number of ether oxygens (including phenoxy) is 1. The third-order valence-corrected chi connectivity index (χ3v) is 7.17. The summed E-state index contributed by atoms with van der Waals surface area (Å²) in [6, 6.07) is 10.6. The van der Waals surface area contributed by atoms with Gasteiger partial charge in [0.2, 0.25) is 0 Å². The highest BCUT2D eigenvalue weighted by Crippen LogP contribution is 2.33. The van der Waals surface area contributed by atoms with Crippen LogP contribution in [0.25, 0.3) is 56.0 Å². The molecule has 39 heavy (non-hydrogen) atoms. The van der Waals surface area contributed by atoms with Crippen molar-refractivity contribution in [2.24, 2.45) is 0 Å². The first-order chi connectivity index (χ1) is 19.1. The lowest BCUT2D eigenvalue weighted by atomic mass is 10.1. The van der Waals surface area contributed by atoms with E-state index in [2.05, 4.69) is 41.1 Å². The van der Waals surface area contributed by atoms with E-state index in [0.717, 1.165) is 47.4 Å².